The molecule has 2 aromatic rings. The number of rotatable bonds is 6. The van der Waals surface area contributed by atoms with Gasteiger partial charge < -0.3 is 29.5 Å². The van der Waals surface area contributed by atoms with Gasteiger partial charge >= 0.3 is 0 Å². The smallest absolute Gasteiger partial charge is 0.165 e. The molecule has 0 aromatic heterocycles. The van der Waals surface area contributed by atoms with Gasteiger partial charge in [0, 0.05) is 5.56 Å². The molecule has 3 N–H and O–H groups in total. The number of aliphatic hydroxyl groups is 2. The normalized spacial score (nSPS) is 18.6. The van der Waals surface area contributed by atoms with Crippen LogP contribution in [0.2, 0.25) is 0 Å². The minimum Gasteiger partial charge on any atom is -0.504 e. The van der Waals surface area contributed by atoms with E-state index in [4.69, 9.17) is 19.3 Å². The van der Waals surface area contributed by atoms with Crippen molar-refractivity contribution in [2.45, 2.75) is 12.0 Å². The second kappa shape index (κ2) is 7.68. The Labute approximate surface area is 151 Å². The summed E-state index contributed by atoms with van der Waals surface area (Å²) < 4.78 is 16.7. The van der Waals surface area contributed by atoms with E-state index in [9.17, 15) is 10.2 Å². The summed E-state index contributed by atoms with van der Waals surface area (Å²) in [5.74, 6) is 1.24. The Morgan fingerprint density at radius 3 is 2.50 bits per heavy atom. The number of phenols is 1. The summed E-state index contributed by atoms with van der Waals surface area (Å²) in [4.78, 5) is 0. The average molecular weight is 358 g/mol. The van der Waals surface area contributed by atoms with Crippen LogP contribution in [-0.2, 0) is 0 Å². The van der Waals surface area contributed by atoms with Crippen LogP contribution < -0.4 is 14.2 Å². The first-order chi connectivity index (χ1) is 12.6. The monoisotopic (exact) mass is 358 g/mol. The number of aromatic hydroxyl groups is 1. The fourth-order valence-electron chi connectivity index (χ4n) is 3.22. The molecule has 0 radical (unpaired) electrons. The molecule has 2 aromatic carbocycles. The molecule has 138 valence electrons. The lowest BCUT2D eigenvalue weighted by Crippen LogP contribution is -2.13. The predicted molar refractivity (Wildman–Crippen MR) is 97.0 cm³/mol. The third-order valence-electron chi connectivity index (χ3n) is 4.48. The number of methoxy groups -OCH3 is 2. The van der Waals surface area contributed by atoms with Crippen LogP contribution in [0.1, 0.15) is 28.7 Å². The van der Waals surface area contributed by atoms with Gasteiger partial charge in [-0.25, -0.2) is 0 Å². The van der Waals surface area contributed by atoms with Crippen LogP contribution in [0, 0.1) is 0 Å². The molecule has 0 saturated carbocycles. The summed E-state index contributed by atoms with van der Waals surface area (Å²) in [5.41, 5.74) is 2.46. The number of hydrogen-bond donors (Lipinski definition) is 3. The van der Waals surface area contributed by atoms with Crippen molar-refractivity contribution in [1.29, 1.82) is 0 Å². The van der Waals surface area contributed by atoms with E-state index in [1.165, 1.54) is 7.11 Å². The highest BCUT2D eigenvalue weighted by Gasteiger charge is 2.37. The first-order valence-corrected chi connectivity index (χ1v) is 8.26. The third-order valence-corrected chi connectivity index (χ3v) is 4.48. The SMILES string of the molecule is COc1cc([C@H]2Oc3c(OC)cc(/C=C/CO)cc3C2CO)ccc1O. The van der Waals surface area contributed by atoms with Gasteiger partial charge in [-0.05, 0) is 35.4 Å². The van der Waals surface area contributed by atoms with Gasteiger partial charge in [0.25, 0.3) is 0 Å². The molecule has 0 saturated heterocycles. The van der Waals surface area contributed by atoms with Crippen LogP contribution in [-0.4, -0.2) is 42.8 Å². The second-order valence-electron chi connectivity index (χ2n) is 5.99. The first-order valence-electron chi connectivity index (χ1n) is 8.26. The van der Waals surface area contributed by atoms with Crippen LogP contribution in [0.3, 0.4) is 0 Å². The molecule has 1 unspecified atom stereocenters. The van der Waals surface area contributed by atoms with E-state index >= 15 is 0 Å². The van der Waals surface area contributed by atoms with Crippen molar-refractivity contribution in [2.75, 3.05) is 27.4 Å². The number of ether oxygens (including phenoxy) is 3. The van der Waals surface area contributed by atoms with E-state index in [0.29, 0.717) is 17.2 Å². The van der Waals surface area contributed by atoms with E-state index in [2.05, 4.69) is 0 Å². The summed E-state index contributed by atoms with van der Waals surface area (Å²) in [5, 5.41) is 28.8. The standard InChI is InChI=1S/C20H22O6/c1-24-17-10-13(5-6-16(17)23)19-15(11-22)14-8-12(4-3-7-21)9-18(25-2)20(14)26-19/h3-6,8-10,15,19,21-23H,7,11H2,1-2H3/b4-3+/t15?,19-/m1/s1. The van der Waals surface area contributed by atoms with Crippen molar-refractivity contribution in [3.05, 3.63) is 53.1 Å². The molecule has 0 fully saturated rings. The zero-order valence-corrected chi connectivity index (χ0v) is 14.7. The topological polar surface area (TPSA) is 88.4 Å². The molecule has 1 heterocycles. The average Bonchev–Trinajstić information content (AvgIpc) is 3.04. The lowest BCUT2D eigenvalue weighted by molar-refractivity contribution is 0.157. The maximum absolute atomic E-state index is 10.00. The largest absolute Gasteiger partial charge is 0.504 e. The summed E-state index contributed by atoms with van der Waals surface area (Å²) >= 11 is 0. The zero-order chi connectivity index (χ0) is 18.7. The van der Waals surface area contributed by atoms with Crippen molar-refractivity contribution in [3.8, 4) is 23.0 Å². The quantitative estimate of drug-likeness (QED) is 0.736. The number of benzene rings is 2. The Morgan fingerprint density at radius 2 is 1.85 bits per heavy atom. The maximum atomic E-state index is 10.00. The maximum Gasteiger partial charge on any atom is 0.165 e. The molecule has 1 aliphatic rings. The van der Waals surface area contributed by atoms with Crippen molar-refractivity contribution >= 4 is 6.08 Å². The highest BCUT2D eigenvalue weighted by atomic mass is 16.5. The molecular formula is C20H22O6. The van der Waals surface area contributed by atoms with Crippen molar-refractivity contribution in [1.82, 2.24) is 0 Å². The highest BCUT2D eigenvalue weighted by Crippen LogP contribution is 2.51. The minimum absolute atomic E-state index is 0.0429. The Kier molecular flexibility index (Phi) is 5.35. The molecule has 6 nitrogen and oxygen atoms in total. The summed E-state index contributed by atoms with van der Waals surface area (Å²) in [6, 6.07) is 8.73. The van der Waals surface area contributed by atoms with Gasteiger partial charge in [-0.1, -0.05) is 18.2 Å². The number of fused-ring (bicyclic) bond motifs is 1. The highest BCUT2D eigenvalue weighted by molar-refractivity contribution is 5.62. The number of hydrogen-bond acceptors (Lipinski definition) is 6. The molecule has 0 spiro atoms. The van der Waals surface area contributed by atoms with Gasteiger partial charge in [-0.3, -0.25) is 0 Å². The Balaban J connectivity index is 2.04. The second-order valence-corrected chi connectivity index (χ2v) is 5.99. The molecule has 3 rings (SSSR count). The van der Waals surface area contributed by atoms with Crippen LogP contribution >= 0.6 is 0 Å². The van der Waals surface area contributed by atoms with Gasteiger partial charge in [-0.15, -0.1) is 0 Å². The summed E-state index contributed by atoms with van der Waals surface area (Å²) in [7, 11) is 3.04. The van der Waals surface area contributed by atoms with Crippen LogP contribution in [0.15, 0.2) is 36.4 Å². The van der Waals surface area contributed by atoms with E-state index in [0.717, 1.165) is 16.7 Å². The Morgan fingerprint density at radius 1 is 1.08 bits per heavy atom. The van der Waals surface area contributed by atoms with Gasteiger partial charge in [0.05, 0.1) is 33.4 Å². The van der Waals surface area contributed by atoms with E-state index < -0.39 is 6.10 Å². The van der Waals surface area contributed by atoms with Crippen LogP contribution in [0.4, 0.5) is 0 Å². The molecular weight excluding hydrogens is 336 g/mol. The number of phenolic OH excluding ortho intramolecular Hbond substituents is 1. The summed E-state index contributed by atoms with van der Waals surface area (Å²) in [6.45, 7) is -0.174. The third kappa shape index (κ3) is 3.21. The van der Waals surface area contributed by atoms with Crippen LogP contribution in [0.25, 0.3) is 6.08 Å². The van der Waals surface area contributed by atoms with Crippen molar-refractivity contribution < 1.29 is 29.5 Å². The predicted octanol–water partition coefficient (Wildman–Crippen LogP) is 2.62. The molecule has 1 aliphatic heterocycles. The van der Waals surface area contributed by atoms with E-state index in [1.54, 1.807) is 37.5 Å². The minimum atomic E-state index is -0.435. The lowest BCUT2D eigenvalue weighted by atomic mass is 9.90. The fraction of sp³-hybridized carbons (Fsp3) is 0.300. The zero-order valence-electron chi connectivity index (χ0n) is 14.7. The Bertz CT molecular complexity index is 814. The molecule has 2 atom stereocenters. The molecule has 0 bridgehead atoms. The molecule has 0 aliphatic carbocycles. The van der Waals surface area contributed by atoms with Crippen molar-refractivity contribution in [2.24, 2.45) is 0 Å². The van der Waals surface area contributed by atoms with Gasteiger partial charge in [0.15, 0.2) is 23.0 Å². The van der Waals surface area contributed by atoms with Gasteiger partial charge in [0.1, 0.15) is 6.10 Å². The van der Waals surface area contributed by atoms with Crippen LogP contribution in [0.5, 0.6) is 23.0 Å². The van der Waals surface area contributed by atoms with E-state index in [1.807, 2.05) is 12.1 Å². The van der Waals surface area contributed by atoms with Gasteiger partial charge in [0.2, 0.25) is 0 Å². The Hall–Kier alpha value is -2.70. The number of aliphatic hydroxyl groups excluding tert-OH is 2. The molecule has 0 amide bonds. The van der Waals surface area contributed by atoms with Gasteiger partial charge in [-0.2, -0.15) is 0 Å². The first kappa shape index (κ1) is 18.1. The summed E-state index contributed by atoms with van der Waals surface area (Å²) in [6.07, 6.45) is 2.98. The fourth-order valence-corrected chi connectivity index (χ4v) is 3.22. The van der Waals surface area contributed by atoms with E-state index in [-0.39, 0.29) is 24.9 Å². The van der Waals surface area contributed by atoms with Crippen molar-refractivity contribution in [3.63, 3.8) is 0 Å². The molecule has 6 heteroatoms. The lowest BCUT2D eigenvalue weighted by Gasteiger charge is -2.18. The molecule has 26 heavy (non-hydrogen) atoms.